The highest BCUT2D eigenvalue weighted by Crippen LogP contribution is 2.10. The Morgan fingerprint density at radius 3 is 2.53 bits per heavy atom. The van der Waals surface area contributed by atoms with E-state index in [4.69, 9.17) is 0 Å². The Bertz CT molecular complexity index is 349. The van der Waals surface area contributed by atoms with Crippen LogP contribution in [-0.2, 0) is 6.42 Å². The van der Waals surface area contributed by atoms with Crippen molar-refractivity contribution in [3.8, 4) is 0 Å². The van der Waals surface area contributed by atoms with E-state index < -0.39 is 0 Å². The quantitative estimate of drug-likeness (QED) is 0.505. The molecule has 1 unspecified atom stereocenters. The Morgan fingerprint density at radius 1 is 1.11 bits per heavy atom. The van der Waals surface area contributed by atoms with Gasteiger partial charge >= 0.3 is 0 Å². The average Bonchev–Trinajstić information content (AvgIpc) is 2.39. The molecule has 1 N–H and O–H groups in total. The third kappa shape index (κ3) is 8.61. The lowest BCUT2D eigenvalue weighted by Crippen LogP contribution is -2.20. The summed E-state index contributed by atoms with van der Waals surface area (Å²) < 4.78 is 0. The van der Waals surface area contributed by atoms with E-state index in [0.717, 1.165) is 25.4 Å². The van der Waals surface area contributed by atoms with E-state index in [1.807, 2.05) is 0 Å². The van der Waals surface area contributed by atoms with E-state index in [2.05, 4.69) is 62.5 Å². The number of allylic oxidation sites excluding steroid dienone is 2. The monoisotopic (exact) mass is 259 g/mol. The molecule has 0 saturated heterocycles. The third-order valence-corrected chi connectivity index (χ3v) is 3.46. The molecule has 0 aromatic heterocycles. The fourth-order valence-corrected chi connectivity index (χ4v) is 2.15. The van der Waals surface area contributed by atoms with Crippen LogP contribution in [0.2, 0.25) is 0 Å². The van der Waals surface area contributed by atoms with Gasteiger partial charge in [0.2, 0.25) is 0 Å². The minimum absolute atomic E-state index is 0.819. The Labute approximate surface area is 119 Å². The molecule has 0 aliphatic rings. The van der Waals surface area contributed by atoms with Crippen molar-refractivity contribution in [3.05, 3.63) is 47.5 Å². The summed E-state index contributed by atoms with van der Waals surface area (Å²) in [5.74, 6) is 0.819. The summed E-state index contributed by atoms with van der Waals surface area (Å²) in [5.41, 5.74) is 2.86. The summed E-state index contributed by atoms with van der Waals surface area (Å²) in [6.45, 7) is 8.94. The highest BCUT2D eigenvalue weighted by atomic mass is 14.8. The standard InChI is InChI=1S/C18H29N/c1-16(2)8-7-9-17(3)12-14-19-15-13-18-10-5-4-6-11-18/h4-6,8,10-11,17,19H,7,9,12-15H2,1-3H3. The van der Waals surface area contributed by atoms with Gasteiger partial charge in [0.05, 0.1) is 0 Å². The molecule has 0 saturated carbocycles. The molecule has 0 heterocycles. The molecule has 1 heteroatoms. The maximum Gasteiger partial charge on any atom is -0.000835 e. The first-order valence-electron chi connectivity index (χ1n) is 7.56. The van der Waals surface area contributed by atoms with Crippen molar-refractivity contribution in [1.82, 2.24) is 5.32 Å². The molecule has 1 aromatic rings. The molecule has 0 fully saturated rings. The molecular formula is C18H29N. The Balaban J connectivity index is 2.00. The molecular weight excluding hydrogens is 230 g/mol. The lowest BCUT2D eigenvalue weighted by molar-refractivity contribution is 0.474. The normalized spacial score (nSPS) is 12.2. The van der Waals surface area contributed by atoms with E-state index in [1.54, 1.807) is 0 Å². The predicted octanol–water partition coefficient (Wildman–Crippen LogP) is 4.59. The molecule has 0 spiro atoms. The third-order valence-electron chi connectivity index (χ3n) is 3.46. The van der Waals surface area contributed by atoms with Gasteiger partial charge in [0.25, 0.3) is 0 Å². The van der Waals surface area contributed by atoms with Gasteiger partial charge in [-0.3, -0.25) is 0 Å². The van der Waals surface area contributed by atoms with Crippen molar-refractivity contribution in [3.63, 3.8) is 0 Å². The van der Waals surface area contributed by atoms with Gasteiger partial charge in [-0.15, -0.1) is 0 Å². The van der Waals surface area contributed by atoms with E-state index in [-0.39, 0.29) is 0 Å². The number of rotatable bonds is 9. The minimum atomic E-state index is 0.819. The van der Waals surface area contributed by atoms with Gasteiger partial charge in [-0.25, -0.2) is 0 Å². The van der Waals surface area contributed by atoms with Gasteiger partial charge in [-0.05, 0) is 64.1 Å². The second kappa shape index (κ2) is 9.80. The molecule has 0 aliphatic carbocycles. The lowest BCUT2D eigenvalue weighted by Gasteiger charge is -2.11. The first kappa shape index (κ1) is 16.0. The number of nitrogens with one attached hydrogen (secondary N) is 1. The predicted molar refractivity (Wildman–Crippen MR) is 85.5 cm³/mol. The smallest absolute Gasteiger partial charge is 0.000835 e. The van der Waals surface area contributed by atoms with Gasteiger partial charge in [0, 0.05) is 0 Å². The van der Waals surface area contributed by atoms with Crippen molar-refractivity contribution >= 4 is 0 Å². The molecule has 0 radical (unpaired) electrons. The van der Waals surface area contributed by atoms with Crippen LogP contribution in [0.15, 0.2) is 42.0 Å². The number of benzene rings is 1. The van der Waals surface area contributed by atoms with E-state index >= 15 is 0 Å². The number of hydrogen-bond donors (Lipinski definition) is 1. The molecule has 1 rings (SSSR count). The highest BCUT2D eigenvalue weighted by molar-refractivity contribution is 5.14. The zero-order valence-electron chi connectivity index (χ0n) is 12.8. The van der Waals surface area contributed by atoms with Crippen LogP contribution in [0.4, 0.5) is 0 Å². The fourth-order valence-electron chi connectivity index (χ4n) is 2.15. The summed E-state index contributed by atoms with van der Waals surface area (Å²) in [6, 6.07) is 10.7. The first-order valence-corrected chi connectivity index (χ1v) is 7.56. The average molecular weight is 259 g/mol. The molecule has 19 heavy (non-hydrogen) atoms. The van der Waals surface area contributed by atoms with Crippen molar-refractivity contribution in [1.29, 1.82) is 0 Å². The zero-order chi connectivity index (χ0) is 13.9. The molecule has 0 bridgehead atoms. The first-order chi connectivity index (χ1) is 9.18. The van der Waals surface area contributed by atoms with Crippen molar-refractivity contribution in [2.75, 3.05) is 13.1 Å². The Kier molecular flexibility index (Phi) is 8.24. The molecule has 1 aromatic carbocycles. The molecule has 1 nitrogen and oxygen atoms in total. The summed E-state index contributed by atoms with van der Waals surface area (Å²) in [6.07, 6.45) is 7.30. The van der Waals surface area contributed by atoms with Gasteiger partial charge in [0.1, 0.15) is 0 Å². The van der Waals surface area contributed by atoms with Gasteiger partial charge in [0.15, 0.2) is 0 Å². The summed E-state index contributed by atoms with van der Waals surface area (Å²) >= 11 is 0. The molecule has 106 valence electrons. The number of hydrogen-bond acceptors (Lipinski definition) is 1. The maximum absolute atomic E-state index is 3.55. The second-order valence-corrected chi connectivity index (χ2v) is 5.74. The summed E-state index contributed by atoms with van der Waals surface area (Å²) in [5, 5.41) is 3.55. The Hall–Kier alpha value is -1.08. The van der Waals surface area contributed by atoms with E-state index in [9.17, 15) is 0 Å². The van der Waals surface area contributed by atoms with Crippen LogP contribution >= 0.6 is 0 Å². The van der Waals surface area contributed by atoms with E-state index in [0.29, 0.717) is 0 Å². The van der Waals surface area contributed by atoms with Crippen LogP contribution in [0.1, 0.15) is 45.6 Å². The van der Waals surface area contributed by atoms with E-state index in [1.165, 1.54) is 30.4 Å². The van der Waals surface area contributed by atoms with Crippen LogP contribution in [0, 0.1) is 5.92 Å². The van der Waals surface area contributed by atoms with Crippen LogP contribution in [0.25, 0.3) is 0 Å². The van der Waals surface area contributed by atoms with Gasteiger partial charge in [-0.2, -0.15) is 0 Å². The van der Waals surface area contributed by atoms with Crippen LogP contribution in [0.3, 0.4) is 0 Å². The zero-order valence-corrected chi connectivity index (χ0v) is 12.8. The Morgan fingerprint density at radius 2 is 1.84 bits per heavy atom. The van der Waals surface area contributed by atoms with Crippen LogP contribution in [-0.4, -0.2) is 13.1 Å². The largest absolute Gasteiger partial charge is 0.316 e. The molecule has 0 amide bonds. The maximum atomic E-state index is 3.55. The minimum Gasteiger partial charge on any atom is -0.316 e. The SMILES string of the molecule is CC(C)=CCCC(C)CCNCCc1ccccc1. The van der Waals surface area contributed by atoms with Crippen molar-refractivity contribution < 1.29 is 0 Å². The molecule has 1 atom stereocenters. The van der Waals surface area contributed by atoms with Crippen LogP contribution in [0.5, 0.6) is 0 Å². The van der Waals surface area contributed by atoms with Gasteiger partial charge in [-0.1, -0.05) is 48.9 Å². The highest BCUT2D eigenvalue weighted by Gasteiger charge is 2.00. The fraction of sp³-hybridized carbons (Fsp3) is 0.556. The van der Waals surface area contributed by atoms with Crippen LogP contribution < -0.4 is 5.32 Å². The summed E-state index contributed by atoms with van der Waals surface area (Å²) in [7, 11) is 0. The van der Waals surface area contributed by atoms with Gasteiger partial charge < -0.3 is 5.32 Å². The topological polar surface area (TPSA) is 12.0 Å². The second-order valence-electron chi connectivity index (χ2n) is 5.74. The lowest BCUT2D eigenvalue weighted by atomic mass is 10.0. The van der Waals surface area contributed by atoms with Crippen molar-refractivity contribution in [2.45, 2.75) is 46.5 Å². The molecule has 0 aliphatic heterocycles. The van der Waals surface area contributed by atoms with Crippen molar-refractivity contribution in [2.24, 2.45) is 5.92 Å². The summed E-state index contributed by atoms with van der Waals surface area (Å²) in [4.78, 5) is 0.